The lowest BCUT2D eigenvalue weighted by molar-refractivity contribution is -0.132. The molecule has 4 rings (SSSR count). The minimum Gasteiger partial charge on any atom is -0.343 e. The molecule has 0 bridgehead atoms. The van der Waals surface area contributed by atoms with Gasteiger partial charge in [-0.15, -0.1) is 0 Å². The van der Waals surface area contributed by atoms with Crippen molar-refractivity contribution in [3.63, 3.8) is 0 Å². The summed E-state index contributed by atoms with van der Waals surface area (Å²) in [5, 5.41) is 0.602. The average molecular weight is 383 g/mol. The lowest BCUT2D eigenvalue weighted by atomic mass is 10.0. The van der Waals surface area contributed by atoms with Crippen LogP contribution in [-0.2, 0) is 11.3 Å². The highest BCUT2D eigenvalue weighted by molar-refractivity contribution is 5.77. The molecule has 2 aliphatic rings. The van der Waals surface area contributed by atoms with Crippen LogP contribution in [-0.4, -0.2) is 58.5 Å². The van der Waals surface area contributed by atoms with Gasteiger partial charge in [-0.05, 0) is 63.7 Å². The van der Waals surface area contributed by atoms with E-state index in [1.165, 1.54) is 12.8 Å². The standard InChI is InChI=1S/C22H30N4O2/c1-24(2)17-10-15-12-18(13-16(15)11-17)25(3)21(27)8-9-26-14-23-20-7-5-4-6-19(20)22(26)28/h4-7,14-18H,8-13H2,1-3H3/t15-,16+,17?,18?. The molecule has 6 nitrogen and oxygen atoms in total. The van der Waals surface area contributed by atoms with E-state index >= 15 is 0 Å². The third kappa shape index (κ3) is 3.58. The Balaban J connectivity index is 1.35. The van der Waals surface area contributed by atoms with Gasteiger partial charge in [0.1, 0.15) is 0 Å². The summed E-state index contributed by atoms with van der Waals surface area (Å²) >= 11 is 0. The van der Waals surface area contributed by atoms with Gasteiger partial charge in [0.2, 0.25) is 5.91 Å². The lowest BCUT2D eigenvalue weighted by Crippen LogP contribution is -2.37. The van der Waals surface area contributed by atoms with E-state index in [1.54, 1.807) is 17.0 Å². The van der Waals surface area contributed by atoms with E-state index in [0.29, 0.717) is 36.0 Å². The fraction of sp³-hybridized carbons (Fsp3) is 0.591. The Morgan fingerprint density at radius 1 is 1.07 bits per heavy atom. The van der Waals surface area contributed by atoms with E-state index in [0.717, 1.165) is 24.7 Å². The average Bonchev–Trinajstić information content (AvgIpc) is 3.26. The van der Waals surface area contributed by atoms with Crippen molar-refractivity contribution in [2.75, 3.05) is 21.1 Å². The van der Waals surface area contributed by atoms with Crippen LogP contribution < -0.4 is 5.56 Å². The Morgan fingerprint density at radius 2 is 1.71 bits per heavy atom. The predicted octanol–water partition coefficient (Wildman–Crippen LogP) is 2.36. The Morgan fingerprint density at radius 3 is 2.39 bits per heavy atom. The number of carbonyl (C=O) groups excluding carboxylic acids is 1. The van der Waals surface area contributed by atoms with Crippen LogP contribution in [0.3, 0.4) is 0 Å². The first-order valence-corrected chi connectivity index (χ1v) is 10.3. The second-order valence-corrected chi connectivity index (χ2v) is 8.75. The van der Waals surface area contributed by atoms with Crippen molar-refractivity contribution in [1.29, 1.82) is 0 Å². The molecular weight excluding hydrogens is 352 g/mol. The van der Waals surface area contributed by atoms with Crippen LogP contribution in [0.2, 0.25) is 0 Å². The summed E-state index contributed by atoms with van der Waals surface area (Å²) in [7, 11) is 6.27. The van der Waals surface area contributed by atoms with E-state index in [-0.39, 0.29) is 11.5 Å². The number of rotatable bonds is 5. The molecule has 2 saturated carbocycles. The van der Waals surface area contributed by atoms with Crippen molar-refractivity contribution < 1.29 is 4.79 Å². The quantitative estimate of drug-likeness (QED) is 0.797. The number of fused-ring (bicyclic) bond motifs is 2. The van der Waals surface area contributed by atoms with E-state index in [1.807, 2.05) is 30.1 Å². The lowest BCUT2D eigenvalue weighted by Gasteiger charge is -2.27. The minimum absolute atomic E-state index is 0.0776. The number of nitrogens with zero attached hydrogens (tertiary/aromatic N) is 4. The molecule has 1 amide bonds. The molecule has 0 radical (unpaired) electrons. The highest BCUT2D eigenvalue weighted by atomic mass is 16.2. The van der Waals surface area contributed by atoms with Crippen molar-refractivity contribution >= 4 is 16.8 Å². The molecule has 150 valence electrons. The largest absolute Gasteiger partial charge is 0.343 e. The molecule has 2 fully saturated rings. The van der Waals surface area contributed by atoms with Crippen molar-refractivity contribution in [2.24, 2.45) is 11.8 Å². The van der Waals surface area contributed by atoms with Crippen LogP contribution in [0.15, 0.2) is 35.4 Å². The van der Waals surface area contributed by atoms with Crippen LogP contribution in [0, 0.1) is 11.8 Å². The van der Waals surface area contributed by atoms with Crippen molar-refractivity contribution in [3.05, 3.63) is 40.9 Å². The third-order valence-corrected chi connectivity index (χ3v) is 6.94. The zero-order chi connectivity index (χ0) is 19.8. The first kappa shape index (κ1) is 19.1. The van der Waals surface area contributed by atoms with Gasteiger partial charge in [0, 0.05) is 32.1 Å². The van der Waals surface area contributed by atoms with Gasteiger partial charge >= 0.3 is 0 Å². The van der Waals surface area contributed by atoms with Gasteiger partial charge in [-0.1, -0.05) is 12.1 Å². The van der Waals surface area contributed by atoms with E-state index in [2.05, 4.69) is 24.0 Å². The number of benzene rings is 1. The van der Waals surface area contributed by atoms with Crippen LogP contribution in [0.1, 0.15) is 32.1 Å². The Kier molecular flexibility index (Phi) is 5.23. The second-order valence-electron chi connectivity index (χ2n) is 8.75. The molecule has 2 unspecified atom stereocenters. The predicted molar refractivity (Wildman–Crippen MR) is 110 cm³/mol. The first-order valence-electron chi connectivity index (χ1n) is 10.3. The number of carbonyl (C=O) groups is 1. The molecule has 28 heavy (non-hydrogen) atoms. The van der Waals surface area contributed by atoms with E-state index < -0.39 is 0 Å². The van der Waals surface area contributed by atoms with Gasteiger partial charge < -0.3 is 9.80 Å². The summed E-state index contributed by atoms with van der Waals surface area (Å²) in [4.78, 5) is 33.9. The number of amides is 1. The Bertz CT molecular complexity index is 908. The fourth-order valence-electron chi connectivity index (χ4n) is 5.15. The number of hydrogen-bond acceptors (Lipinski definition) is 4. The van der Waals surface area contributed by atoms with Gasteiger partial charge in [0.15, 0.2) is 0 Å². The normalized spacial score (nSPS) is 26.7. The molecule has 0 aliphatic heterocycles. The molecule has 0 spiro atoms. The van der Waals surface area contributed by atoms with Gasteiger partial charge in [-0.25, -0.2) is 4.98 Å². The van der Waals surface area contributed by atoms with Gasteiger partial charge in [0.05, 0.1) is 17.2 Å². The van der Waals surface area contributed by atoms with Crippen molar-refractivity contribution in [2.45, 2.75) is 50.7 Å². The van der Waals surface area contributed by atoms with Crippen LogP contribution in [0.25, 0.3) is 10.9 Å². The smallest absolute Gasteiger partial charge is 0.261 e. The second kappa shape index (κ2) is 7.66. The number of aryl methyl sites for hydroxylation is 1. The van der Waals surface area contributed by atoms with Crippen molar-refractivity contribution in [1.82, 2.24) is 19.4 Å². The van der Waals surface area contributed by atoms with Crippen LogP contribution in [0.5, 0.6) is 0 Å². The molecule has 4 atom stereocenters. The fourth-order valence-corrected chi connectivity index (χ4v) is 5.15. The summed E-state index contributed by atoms with van der Waals surface area (Å²) in [5.74, 6) is 1.62. The number of aromatic nitrogens is 2. The highest BCUT2D eigenvalue weighted by Gasteiger charge is 2.43. The molecule has 2 aromatic rings. The monoisotopic (exact) mass is 382 g/mol. The molecule has 2 aliphatic carbocycles. The summed E-state index contributed by atoms with van der Waals surface area (Å²) < 4.78 is 1.55. The summed E-state index contributed by atoms with van der Waals surface area (Å²) in [6.45, 7) is 0.377. The summed E-state index contributed by atoms with van der Waals surface area (Å²) in [5.41, 5.74) is 0.617. The Hall–Kier alpha value is -2.21. The maximum absolute atomic E-state index is 12.8. The highest BCUT2D eigenvalue weighted by Crippen LogP contribution is 2.46. The minimum atomic E-state index is -0.0776. The summed E-state index contributed by atoms with van der Waals surface area (Å²) in [6.07, 6.45) is 6.65. The molecular formula is C22H30N4O2. The Labute approximate surface area is 166 Å². The molecule has 6 heteroatoms. The molecule has 0 saturated heterocycles. The van der Waals surface area contributed by atoms with E-state index in [4.69, 9.17) is 0 Å². The van der Waals surface area contributed by atoms with Crippen LogP contribution >= 0.6 is 0 Å². The van der Waals surface area contributed by atoms with Gasteiger partial charge in [-0.3, -0.25) is 14.2 Å². The number of para-hydroxylation sites is 1. The molecule has 1 aromatic carbocycles. The molecule has 0 N–H and O–H groups in total. The van der Waals surface area contributed by atoms with Gasteiger partial charge in [-0.2, -0.15) is 0 Å². The topological polar surface area (TPSA) is 58.4 Å². The maximum atomic E-state index is 12.8. The molecule has 1 aromatic heterocycles. The van der Waals surface area contributed by atoms with Gasteiger partial charge in [0.25, 0.3) is 5.56 Å². The zero-order valence-corrected chi connectivity index (χ0v) is 17.0. The third-order valence-electron chi connectivity index (χ3n) is 6.94. The molecule has 1 heterocycles. The van der Waals surface area contributed by atoms with Crippen molar-refractivity contribution in [3.8, 4) is 0 Å². The summed E-state index contributed by atoms with van der Waals surface area (Å²) in [6, 6.07) is 8.37. The van der Waals surface area contributed by atoms with Crippen LogP contribution in [0.4, 0.5) is 0 Å². The number of hydrogen-bond donors (Lipinski definition) is 0. The van der Waals surface area contributed by atoms with E-state index in [9.17, 15) is 9.59 Å². The SMILES string of the molecule is CN(C)C1C[C@@H]2CC(N(C)C(=O)CCn3cnc4ccccc4c3=O)C[C@@H]2C1. The first-order chi connectivity index (χ1) is 13.4. The maximum Gasteiger partial charge on any atom is 0.261 e. The zero-order valence-electron chi connectivity index (χ0n) is 17.0.